The SMILES string of the molecule is CC(C)(C)OC(=O)N1CC[C@]2(c3ccccn3)O[C@H]2C1. The van der Waals surface area contributed by atoms with Crippen LogP contribution in [0.3, 0.4) is 0 Å². The van der Waals surface area contributed by atoms with Crippen molar-refractivity contribution < 1.29 is 14.3 Å². The second-order valence-electron chi connectivity index (χ2n) is 6.39. The average molecular weight is 276 g/mol. The molecule has 0 aliphatic carbocycles. The highest BCUT2D eigenvalue weighted by atomic mass is 16.6. The molecule has 20 heavy (non-hydrogen) atoms. The first kappa shape index (κ1) is 13.4. The highest BCUT2D eigenvalue weighted by Gasteiger charge is 2.61. The summed E-state index contributed by atoms with van der Waals surface area (Å²) >= 11 is 0. The first-order valence-corrected chi connectivity index (χ1v) is 6.98. The van der Waals surface area contributed by atoms with E-state index in [0.29, 0.717) is 13.1 Å². The van der Waals surface area contributed by atoms with Crippen LogP contribution in [0.25, 0.3) is 0 Å². The number of pyridine rings is 1. The number of aromatic nitrogens is 1. The molecule has 0 N–H and O–H groups in total. The van der Waals surface area contributed by atoms with E-state index in [4.69, 9.17) is 9.47 Å². The first-order chi connectivity index (χ1) is 9.41. The summed E-state index contributed by atoms with van der Waals surface area (Å²) in [5, 5.41) is 0. The van der Waals surface area contributed by atoms with Gasteiger partial charge in [-0.15, -0.1) is 0 Å². The molecule has 5 heteroatoms. The predicted octanol–water partition coefficient (Wildman–Crippen LogP) is 2.32. The highest BCUT2D eigenvalue weighted by Crippen LogP contribution is 2.51. The lowest BCUT2D eigenvalue weighted by molar-refractivity contribution is 0.0217. The molecular formula is C15H20N2O3. The van der Waals surface area contributed by atoms with Crippen molar-refractivity contribution in [2.45, 2.75) is 44.5 Å². The zero-order valence-electron chi connectivity index (χ0n) is 12.1. The van der Waals surface area contributed by atoms with Crippen LogP contribution in [-0.2, 0) is 15.1 Å². The lowest BCUT2D eigenvalue weighted by Crippen LogP contribution is -2.44. The third-order valence-electron chi connectivity index (χ3n) is 3.70. The van der Waals surface area contributed by atoms with Crippen molar-refractivity contribution in [3.8, 4) is 0 Å². The number of rotatable bonds is 1. The summed E-state index contributed by atoms with van der Waals surface area (Å²) in [6.45, 7) is 6.84. The summed E-state index contributed by atoms with van der Waals surface area (Å²) in [7, 11) is 0. The quantitative estimate of drug-likeness (QED) is 0.739. The van der Waals surface area contributed by atoms with Crippen molar-refractivity contribution in [2.24, 2.45) is 0 Å². The van der Waals surface area contributed by atoms with Crippen molar-refractivity contribution >= 4 is 6.09 Å². The number of hydrogen-bond donors (Lipinski definition) is 0. The van der Waals surface area contributed by atoms with Gasteiger partial charge >= 0.3 is 6.09 Å². The second kappa shape index (κ2) is 4.45. The van der Waals surface area contributed by atoms with E-state index in [2.05, 4.69) is 4.98 Å². The number of amides is 1. The maximum Gasteiger partial charge on any atom is 0.410 e. The topological polar surface area (TPSA) is 55.0 Å². The van der Waals surface area contributed by atoms with Gasteiger partial charge in [-0.1, -0.05) is 6.07 Å². The summed E-state index contributed by atoms with van der Waals surface area (Å²) in [6.07, 6.45) is 2.33. The molecule has 0 radical (unpaired) electrons. The molecule has 1 aromatic rings. The van der Waals surface area contributed by atoms with Gasteiger partial charge in [0.25, 0.3) is 0 Å². The molecule has 108 valence electrons. The Balaban J connectivity index is 1.65. The van der Waals surface area contributed by atoms with Crippen LogP contribution in [0.2, 0.25) is 0 Å². The number of carbonyl (C=O) groups excluding carboxylic acids is 1. The Labute approximate surface area is 118 Å². The van der Waals surface area contributed by atoms with Crippen LogP contribution in [0.1, 0.15) is 32.9 Å². The molecule has 0 spiro atoms. The standard InChI is InChI=1S/C15H20N2O3/c1-14(2,3)20-13(18)17-9-7-15(12(10-17)19-15)11-6-4-5-8-16-11/h4-6,8,12H,7,9-10H2,1-3H3/t12-,15+/m0/s1. The molecule has 2 aliphatic heterocycles. The van der Waals surface area contributed by atoms with Crippen LogP contribution < -0.4 is 0 Å². The number of ether oxygens (including phenoxy) is 2. The fourth-order valence-corrected chi connectivity index (χ4v) is 2.68. The Morgan fingerprint density at radius 2 is 2.30 bits per heavy atom. The Kier molecular flexibility index (Phi) is 2.97. The summed E-state index contributed by atoms with van der Waals surface area (Å²) in [4.78, 5) is 18.2. The number of epoxide rings is 1. The van der Waals surface area contributed by atoms with Crippen molar-refractivity contribution in [1.29, 1.82) is 0 Å². The van der Waals surface area contributed by atoms with E-state index in [1.165, 1.54) is 0 Å². The number of fused-ring (bicyclic) bond motifs is 1. The summed E-state index contributed by atoms with van der Waals surface area (Å²) in [6, 6.07) is 5.85. The minimum Gasteiger partial charge on any atom is -0.444 e. The molecule has 1 aromatic heterocycles. The summed E-state index contributed by atoms with van der Waals surface area (Å²) in [5.41, 5.74) is 0.227. The maximum absolute atomic E-state index is 12.1. The molecule has 3 heterocycles. The molecule has 2 fully saturated rings. The van der Waals surface area contributed by atoms with Gasteiger partial charge in [0.1, 0.15) is 17.3 Å². The average Bonchev–Trinajstić information content (AvgIpc) is 3.12. The van der Waals surface area contributed by atoms with Gasteiger partial charge in [-0.3, -0.25) is 4.98 Å². The number of likely N-dealkylation sites (tertiary alicyclic amines) is 1. The lowest BCUT2D eigenvalue weighted by atomic mass is 9.93. The third-order valence-corrected chi connectivity index (χ3v) is 3.70. The fourth-order valence-electron chi connectivity index (χ4n) is 2.68. The summed E-state index contributed by atoms with van der Waals surface area (Å²) < 4.78 is 11.2. The van der Waals surface area contributed by atoms with Gasteiger partial charge in [0, 0.05) is 19.2 Å². The van der Waals surface area contributed by atoms with Gasteiger partial charge in [0.15, 0.2) is 0 Å². The minimum absolute atomic E-state index is 0.0404. The normalized spacial score (nSPS) is 28.8. The molecule has 1 amide bonds. The molecule has 2 saturated heterocycles. The van der Waals surface area contributed by atoms with Crippen LogP contribution in [0.5, 0.6) is 0 Å². The fraction of sp³-hybridized carbons (Fsp3) is 0.600. The lowest BCUT2D eigenvalue weighted by Gasteiger charge is -2.30. The van der Waals surface area contributed by atoms with Crippen LogP contribution in [-0.4, -0.2) is 40.8 Å². The van der Waals surface area contributed by atoms with E-state index < -0.39 is 5.60 Å². The minimum atomic E-state index is -0.461. The zero-order chi connectivity index (χ0) is 14.4. The molecule has 3 rings (SSSR count). The van der Waals surface area contributed by atoms with Crippen molar-refractivity contribution in [1.82, 2.24) is 9.88 Å². The number of carbonyl (C=O) groups is 1. The molecule has 0 aromatic carbocycles. The van der Waals surface area contributed by atoms with E-state index in [0.717, 1.165) is 12.1 Å². The van der Waals surface area contributed by atoms with E-state index in [9.17, 15) is 4.79 Å². The van der Waals surface area contributed by atoms with Gasteiger partial charge in [-0.05, 0) is 32.9 Å². The van der Waals surface area contributed by atoms with Gasteiger partial charge in [-0.2, -0.15) is 0 Å². The second-order valence-corrected chi connectivity index (χ2v) is 6.39. The van der Waals surface area contributed by atoms with Gasteiger partial charge in [0.2, 0.25) is 0 Å². The molecule has 0 bridgehead atoms. The number of piperidine rings is 1. The Morgan fingerprint density at radius 3 is 2.90 bits per heavy atom. The molecule has 0 unspecified atom stereocenters. The molecule has 0 saturated carbocycles. The highest BCUT2D eigenvalue weighted by molar-refractivity contribution is 5.68. The van der Waals surface area contributed by atoms with Crippen molar-refractivity contribution in [2.75, 3.05) is 13.1 Å². The van der Waals surface area contributed by atoms with Crippen molar-refractivity contribution in [3.63, 3.8) is 0 Å². The van der Waals surface area contributed by atoms with Crippen LogP contribution in [0.15, 0.2) is 24.4 Å². The van der Waals surface area contributed by atoms with E-state index in [-0.39, 0.29) is 17.8 Å². The first-order valence-electron chi connectivity index (χ1n) is 6.98. The molecule has 5 nitrogen and oxygen atoms in total. The van der Waals surface area contributed by atoms with E-state index in [1.807, 2.05) is 39.0 Å². The number of hydrogen-bond acceptors (Lipinski definition) is 4. The van der Waals surface area contributed by atoms with E-state index >= 15 is 0 Å². The number of nitrogens with zero attached hydrogens (tertiary/aromatic N) is 2. The molecular weight excluding hydrogens is 256 g/mol. The van der Waals surface area contributed by atoms with E-state index in [1.54, 1.807) is 11.1 Å². The molecule has 2 atom stereocenters. The monoisotopic (exact) mass is 276 g/mol. The van der Waals surface area contributed by atoms with Gasteiger partial charge < -0.3 is 14.4 Å². The Bertz CT molecular complexity index is 512. The molecule has 2 aliphatic rings. The Hall–Kier alpha value is -1.62. The Morgan fingerprint density at radius 1 is 1.50 bits per heavy atom. The van der Waals surface area contributed by atoms with Crippen LogP contribution >= 0.6 is 0 Å². The predicted molar refractivity (Wildman–Crippen MR) is 73.2 cm³/mol. The van der Waals surface area contributed by atoms with Gasteiger partial charge in [0.05, 0.1) is 12.2 Å². The smallest absolute Gasteiger partial charge is 0.410 e. The maximum atomic E-state index is 12.1. The largest absolute Gasteiger partial charge is 0.444 e. The zero-order valence-corrected chi connectivity index (χ0v) is 12.1. The summed E-state index contributed by atoms with van der Waals surface area (Å²) in [5.74, 6) is 0. The van der Waals surface area contributed by atoms with Gasteiger partial charge in [-0.25, -0.2) is 4.79 Å². The van der Waals surface area contributed by atoms with Crippen LogP contribution in [0, 0.1) is 0 Å². The third kappa shape index (κ3) is 2.38. The van der Waals surface area contributed by atoms with Crippen LogP contribution in [0.4, 0.5) is 4.79 Å². The van der Waals surface area contributed by atoms with Crippen molar-refractivity contribution in [3.05, 3.63) is 30.1 Å².